The highest BCUT2D eigenvalue weighted by molar-refractivity contribution is 8.03. The molecule has 1 amide bonds. The lowest BCUT2D eigenvalue weighted by Gasteiger charge is -2.06. The van der Waals surface area contributed by atoms with Gasteiger partial charge in [-0.25, -0.2) is 0 Å². The lowest BCUT2D eigenvalue weighted by molar-refractivity contribution is -0.113. The molecule has 128 valence electrons. The van der Waals surface area contributed by atoms with Crippen LogP contribution in [-0.4, -0.2) is 27.6 Å². The molecule has 24 heavy (non-hydrogen) atoms. The first kappa shape index (κ1) is 17.8. The summed E-state index contributed by atoms with van der Waals surface area (Å²) < 4.78 is 1.83. The van der Waals surface area contributed by atoms with Gasteiger partial charge in [0.15, 0.2) is 8.68 Å². The van der Waals surface area contributed by atoms with Gasteiger partial charge in [0.25, 0.3) is 0 Å². The van der Waals surface area contributed by atoms with Crippen molar-refractivity contribution >= 4 is 46.5 Å². The fraction of sp³-hybridized carbons (Fsp3) is 0.471. The average Bonchev–Trinajstić information content (AvgIpc) is 3.19. The number of anilines is 1. The molecule has 1 heterocycles. The monoisotopic (exact) mass is 379 g/mol. The number of thioether (sulfide) groups is 2. The summed E-state index contributed by atoms with van der Waals surface area (Å²) in [5.74, 6) is 2.04. The molecule has 0 saturated carbocycles. The van der Waals surface area contributed by atoms with Crippen molar-refractivity contribution < 1.29 is 4.79 Å². The third-order valence-electron chi connectivity index (χ3n) is 3.64. The zero-order valence-corrected chi connectivity index (χ0v) is 16.3. The molecule has 2 aromatic rings. The fourth-order valence-corrected chi connectivity index (χ4v) is 5.32. The Morgan fingerprint density at radius 2 is 1.96 bits per heavy atom. The van der Waals surface area contributed by atoms with Crippen molar-refractivity contribution in [2.75, 3.05) is 16.8 Å². The number of nitrogens with zero attached hydrogens (tertiary/aromatic N) is 2. The molecule has 0 atom stereocenters. The topological polar surface area (TPSA) is 54.9 Å². The highest BCUT2D eigenvalue weighted by Crippen LogP contribution is 2.30. The molecule has 1 aromatic heterocycles. The van der Waals surface area contributed by atoms with Crippen molar-refractivity contribution in [3.8, 4) is 0 Å². The van der Waals surface area contributed by atoms with E-state index in [-0.39, 0.29) is 5.91 Å². The lowest BCUT2D eigenvalue weighted by atomic mass is 10.1. The Hall–Kier alpha value is -1.05. The third-order valence-corrected chi connectivity index (χ3v) is 7.25. The second kappa shape index (κ2) is 8.36. The Labute approximate surface area is 155 Å². The van der Waals surface area contributed by atoms with Crippen LogP contribution in [0.15, 0.2) is 26.9 Å². The van der Waals surface area contributed by atoms with Crippen LogP contribution in [-0.2, 0) is 17.6 Å². The molecule has 0 radical (unpaired) electrons. The van der Waals surface area contributed by atoms with Crippen molar-refractivity contribution in [3.05, 3.63) is 29.3 Å². The van der Waals surface area contributed by atoms with Gasteiger partial charge < -0.3 is 5.32 Å². The van der Waals surface area contributed by atoms with E-state index in [2.05, 4.69) is 41.5 Å². The molecular formula is C17H21N3OS3. The second-order valence-corrected chi connectivity index (χ2v) is 9.68. The van der Waals surface area contributed by atoms with Crippen LogP contribution in [0.3, 0.4) is 0 Å². The van der Waals surface area contributed by atoms with Gasteiger partial charge >= 0.3 is 0 Å². The Balaban J connectivity index is 1.47. The number of nitrogens with one attached hydrogen (secondary N) is 1. The smallest absolute Gasteiger partial charge is 0.234 e. The summed E-state index contributed by atoms with van der Waals surface area (Å²) in [5.41, 5.74) is 3.69. The summed E-state index contributed by atoms with van der Waals surface area (Å²) in [6, 6.07) is 6.24. The van der Waals surface area contributed by atoms with E-state index in [4.69, 9.17) is 0 Å². The first-order valence-electron chi connectivity index (χ1n) is 8.11. The standard InChI is InChI=1S/C17H21N3OS3/c1-11(2)9-22-16-19-20-17(24-16)23-10-15(21)18-14-7-6-12-4-3-5-13(12)8-14/h6-8,11H,3-5,9-10H2,1-2H3,(H,18,21). The zero-order chi connectivity index (χ0) is 16.9. The molecule has 0 unspecified atom stereocenters. The Bertz CT molecular complexity index is 715. The van der Waals surface area contributed by atoms with Gasteiger partial charge in [-0.1, -0.05) is 54.8 Å². The molecule has 0 fully saturated rings. The molecular weight excluding hydrogens is 358 g/mol. The van der Waals surface area contributed by atoms with E-state index in [9.17, 15) is 4.79 Å². The second-order valence-electron chi connectivity index (χ2n) is 6.21. The maximum absolute atomic E-state index is 12.1. The molecule has 1 aliphatic rings. The van der Waals surface area contributed by atoms with Gasteiger partial charge in [0, 0.05) is 11.4 Å². The van der Waals surface area contributed by atoms with Crippen molar-refractivity contribution in [3.63, 3.8) is 0 Å². The van der Waals surface area contributed by atoms with Crippen molar-refractivity contribution in [2.45, 2.75) is 41.8 Å². The third kappa shape index (κ3) is 4.97. The van der Waals surface area contributed by atoms with Crippen LogP contribution < -0.4 is 5.32 Å². The summed E-state index contributed by atoms with van der Waals surface area (Å²) in [5, 5.41) is 11.3. The number of rotatable bonds is 7. The number of aryl methyl sites for hydroxylation is 2. The number of carbonyl (C=O) groups is 1. The highest BCUT2D eigenvalue weighted by Gasteiger charge is 2.13. The summed E-state index contributed by atoms with van der Waals surface area (Å²) in [7, 11) is 0. The normalized spacial score (nSPS) is 13.3. The van der Waals surface area contributed by atoms with E-state index in [0.717, 1.165) is 33.0 Å². The van der Waals surface area contributed by atoms with Crippen LogP contribution in [0.25, 0.3) is 0 Å². The number of carbonyl (C=O) groups excluding carboxylic acids is 1. The molecule has 0 spiro atoms. The Morgan fingerprint density at radius 1 is 1.21 bits per heavy atom. The van der Waals surface area contributed by atoms with Gasteiger partial charge in [-0.3, -0.25) is 4.79 Å². The van der Waals surface area contributed by atoms with Gasteiger partial charge in [0.05, 0.1) is 5.75 Å². The van der Waals surface area contributed by atoms with Crippen molar-refractivity contribution in [1.29, 1.82) is 0 Å². The summed E-state index contributed by atoms with van der Waals surface area (Å²) in [6.45, 7) is 4.37. The lowest BCUT2D eigenvalue weighted by Crippen LogP contribution is -2.14. The van der Waals surface area contributed by atoms with Gasteiger partial charge in [0.2, 0.25) is 5.91 Å². The van der Waals surface area contributed by atoms with Crippen molar-refractivity contribution in [1.82, 2.24) is 10.2 Å². The summed E-state index contributed by atoms with van der Waals surface area (Å²) in [4.78, 5) is 12.1. The molecule has 0 saturated heterocycles. The van der Waals surface area contributed by atoms with Gasteiger partial charge in [-0.2, -0.15) is 0 Å². The molecule has 4 nitrogen and oxygen atoms in total. The molecule has 1 N–H and O–H groups in total. The number of aromatic nitrogens is 2. The predicted octanol–water partition coefficient (Wildman–Crippen LogP) is 4.51. The summed E-state index contributed by atoms with van der Waals surface area (Å²) >= 11 is 4.74. The highest BCUT2D eigenvalue weighted by atomic mass is 32.2. The Kier molecular flexibility index (Phi) is 6.19. The van der Waals surface area contributed by atoms with Crippen LogP contribution in [0, 0.1) is 5.92 Å². The molecule has 0 aliphatic heterocycles. The SMILES string of the molecule is CC(C)CSc1nnc(SCC(=O)Nc2ccc3c(c2)CCC3)s1. The molecule has 3 rings (SSSR count). The number of fused-ring (bicyclic) bond motifs is 1. The largest absolute Gasteiger partial charge is 0.325 e. The molecule has 1 aliphatic carbocycles. The van der Waals surface area contributed by atoms with Gasteiger partial charge in [-0.05, 0) is 48.4 Å². The maximum Gasteiger partial charge on any atom is 0.234 e. The molecule has 1 aromatic carbocycles. The van der Waals surface area contributed by atoms with Crippen LogP contribution >= 0.6 is 34.9 Å². The van der Waals surface area contributed by atoms with Crippen molar-refractivity contribution in [2.24, 2.45) is 5.92 Å². The number of amides is 1. The minimum absolute atomic E-state index is 0.00419. The minimum Gasteiger partial charge on any atom is -0.325 e. The fourth-order valence-electron chi connectivity index (χ4n) is 2.53. The first-order chi connectivity index (χ1) is 11.6. The average molecular weight is 380 g/mol. The molecule has 7 heteroatoms. The first-order valence-corrected chi connectivity index (χ1v) is 10.9. The Morgan fingerprint density at radius 3 is 2.75 bits per heavy atom. The quantitative estimate of drug-likeness (QED) is 0.718. The van der Waals surface area contributed by atoms with Crippen LogP contribution in [0.5, 0.6) is 0 Å². The predicted molar refractivity (Wildman–Crippen MR) is 103 cm³/mol. The van der Waals surface area contributed by atoms with Gasteiger partial charge in [-0.15, -0.1) is 10.2 Å². The van der Waals surface area contributed by atoms with E-state index in [1.54, 1.807) is 23.1 Å². The summed E-state index contributed by atoms with van der Waals surface area (Å²) in [6.07, 6.45) is 3.50. The minimum atomic E-state index is 0.00419. The van der Waals surface area contributed by atoms with E-state index in [1.807, 2.05) is 6.07 Å². The number of hydrogen-bond donors (Lipinski definition) is 1. The van der Waals surface area contributed by atoms with E-state index in [1.165, 1.54) is 29.3 Å². The van der Waals surface area contributed by atoms with Crippen LogP contribution in [0.2, 0.25) is 0 Å². The van der Waals surface area contributed by atoms with E-state index in [0.29, 0.717) is 11.7 Å². The van der Waals surface area contributed by atoms with Gasteiger partial charge in [0.1, 0.15) is 0 Å². The molecule has 0 bridgehead atoms. The number of hydrogen-bond acceptors (Lipinski definition) is 6. The van der Waals surface area contributed by atoms with Crippen LogP contribution in [0.4, 0.5) is 5.69 Å². The van der Waals surface area contributed by atoms with Crippen LogP contribution in [0.1, 0.15) is 31.4 Å². The van der Waals surface area contributed by atoms with E-state index < -0.39 is 0 Å². The van der Waals surface area contributed by atoms with E-state index >= 15 is 0 Å². The number of benzene rings is 1. The maximum atomic E-state index is 12.1. The zero-order valence-electron chi connectivity index (χ0n) is 13.9.